The molecule has 2 aromatic heterocycles. The lowest BCUT2D eigenvalue weighted by atomic mass is 9.97. The van der Waals surface area contributed by atoms with Gasteiger partial charge in [0.15, 0.2) is 0 Å². The van der Waals surface area contributed by atoms with Gasteiger partial charge in [-0.2, -0.15) is 13.2 Å². The third kappa shape index (κ3) is 4.30. The summed E-state index contributed by atoms with van der Waals surface area (Å²) >= 11 is 0. The van der Waals surface area contributed by atoms with Gasteiger partial charge in [0.25, 0.3) is 5.91 Å². The highest BCUT2D eigenvalue weighted by Gasteiger charge is 2.35. The molecule has 3 aromatic rings. The summed E-state index contributed by atoms with van der Waals surface area (Å²) in [6.45, 7) is 2.19. The van der Waals surface area contributed by atoms with Crippen molar-refractivity contribution < 1.29 is 31.5 Å². The van der Waals surface area contributed by atoms with Gasteiger partial charge in [0, 0.05) is 18.8 Å². The largest absolute Gasteiger partial charge is 0.472 e. The molecule has 0 N–H and O–H groups in total. The molecule has 1 aliphatic heterocycles. The summed E-state index contributed by atoms with van der Waals surface area (Å²) in [5.41, 5.74) is -0.793. The molecule has 1 saturated heterocycles. The van der Waals surface area contributed by atoms with Crippen LogP contribution in [0.2, 0.25) is 0 Å². The van der Waals surface area contributed by atoms with Crippen molar-refractivity contribution in [2.45, 2.75) is 38.1 Å². The zero-order chi connectivity index (χ0) is 22.9. The number of hydrogen-bond acceptors (Lipinski definition) is 5. The van der Waals surface area contributed by atoms with E-state index in [0.717, 1.165) is 12.1 Å². The fourth-order valence-corrected chi connectivity index (χ4v) is 3.75. The Balaban J connectivity index is 1.55. The van der Waals surface area contributed by atoms with Crippen LogP contribution in [0.4, 0.5) is 17.6 Å². The van der Waals surface area contributed by atoms with Crippen LogP contribution >= 0.6 is 0 Å². The van der Waals surface area contributed by atoms with E-state index >= 15 is 0 Å². The smallest absolute Gasteiger partial charge is 0.417 e. The van der Waals surface area contributed by atoms with Crippen molar-refractivity contribution in [3.05, 3.63) is 65.9 Å². The lowest BCUT2D eigenvalue weighted by molar-refractivity contribution is -0.137. The number of halogens is 4. The molecule has 1 aliphatic rings. The lowest BCUT2D eigenvalue weighted by Crippen LogP contribution is -2.51. The molecule has 0 spiro atoms. The number of pyridine rings is 1. The zero-order valence-corrected chi connectivity index (χ0v) is 17.0. The van der Waals surface area contributed by atoms with Gasteiger partial charge in [-0.15, -0.1) is 0 Å². The topological polar surface area (TPSA) is 68.5 Å². The second kappa shape index (κ2) is 8.60. The minimum Gasteiger partial charge on any atom is -0.472 e. The highest BCUT2D eigenvalue weighted by Crippen LogP contribution is 2.31. The molecule has 10 heteroatoms. The lowest BCUT2D eigenvalue weighted by Gasteiger charge is -2.39. The van der Waals surface area contributed by atoms with Crippen molar-refractivity contribution in [3.8, 4) is 17.3 Å². The van der Waals surface area contributed by atoms with Crippen molar-refractivity contribution in [2.24, 2.45) is 0 Å². The SMILES string of the molecule is C[C@H]1[C@H](Oc2ccc(C(F)(F)F)cn2)CCCN1C(=O)c1cccc(F)c1-c1ncco1. The Morgan fingerprint density at radius 1 is 1.22 bits per heavy atom. The van der Waals surface area contributed by atoms with E-state index in [1.807, 2.05) is 0 Å². The molecule has 0 aliphatic carbocycles. The Hall–Kier alpha value is -3.43. The summed E-state index contributed by atoms with van der Waals surface area (Å²) in [6, 6.07) is 5.78. The summed E-state index contributed by atoms with van der Waals surface area (Å²) < 4.78 is 63.8. The molecular formula is C22H19F4N3O3. The molecule has 32 heavy (non-hydrogen) atoms. The Labute approximate surface area is 180 Å². The van der Waals surface area contributed by atoms with Gasteiger partial charge in [-0.25, -0.2) is 14.4 Å². The number of aromatic nitrogens is 2. The van der Waals surface area contributed by atoms with Crippen molar-refractivity contribution in [2.75, 3.05) is 6.54 Å². The Kier molecular flexibility index (Phi) is 5.86. The Morgan fingerprint density at radius 2 is 2.03 bits per heavy atom. The molecule has 1 fully saturated rings. The van der Waals surface area contributed by atoms with E-state index in [1.54, 1.807) is 11.8 Å². The third-order valence-electron chi connectivity index (χ3n) is 5.40. The fourth-order valence-electron chi connectivity index (χ4n) is 3.75. The number of likely N-dealkylation sites (tertiary alicyclic amines) is 1. The Morgan fingerprint density at radius 3 is 2.69 bits per heavy atom. The number of amides is 1. The van der Waals surface area contributed by atoms with E-state index in [9.17, 15) is 22.4 Å². The molecule has 168 valence electrons. The van der Waals surface area contributed by atoms with Gasteiger partial charge in [-0.3, -0.25) is 4.79 Å². The molecule has 1 amide bonds. The first-order valence-electron chi connectivity index (χ1n) is 9.95. The van der Waals surface area contributed by atoms with Crippen LogP contribution in [0.1, 0.15) is 35.7 Å². The number of carbonyl (C=O) groups is 1. The van der Waals surface area contributed by atoms with Gasteiger partial charge in [0.1, 0.15) is 18.2 Å². The first-order valence-corrected chi connectivity index (χ1v) is 9.95. The molecule has 0 radical (unpaired) electrons. The number of rotatable bonds is 4. The summed E-state index contributed by atoms with van der Waals surface area (Å²) in [5.74, 6) is -1.02. The first-order chi connectivity index (χ1) is 15.3. The van der Waals surface area contributed by atoms with Crippen molar-refractivity contribution in [3.63, 3.8) is 0 Å². The number of hydrogen-bond donors (Lipinski definition) is 0. The van der Waals surface area contributed by atoms with Gasteiger partial charge in [-0.1, -0.05) is 6.07 Å². The number of benzene rings is 1. The van der Waals surface area contributed by atoms with Gasteiger partial charge >= 0.3 is 6.18 Å². The molecule has 0 saturated carbocycles. The molecule has 2 atom stereocenters. The number of alkyl halides is 3. The van der Waals surface area contributed by atoms with Gasteiger partial charge in [0.2, 0.25) is 11.8 Å². The number of carbonyl (C=O) groups excluding carboxylic acids is 1. The number of nitrogens with zero attached hydrogens (tertiary/aromatic N) is 3. The highest BCUT2D eigenvalue weighted by atomic mass is 19.4. The second-order valence-electron chi connectivity index (χ2n) is 7.42. The molecule has 0 unspecified atom stereocenters. The quantitative estimate of drug-likeness (QED) is 0.527. The van der Waals surface area contributed by atoms with Crippen LogP contribution < -0.4 is 4.74 Å². The maximum atomic E-state index is 14.5. The van der Waals surface area contributed by atoms with Crippen LogP contribution in [0, 0.1) is 5.82 Å². The van der Waals surface area contributed by atoms with Crippen molar-refractivity contribution >= 4 is 5.91 Å². The Bertz CT molecular complexity index is 1080. The highest BCUT2D eigenvalue weighted by molar-refractivity contribution is 6.00. The van der Waals surface area contributed by atoms with Crippen LogP contribution in [0.3, 0.4) is 0 Å². The normalized spacial score (nSPS) is 19.1. The van der Waals surface area contributed by atoms with Crippen LogP contribution in [0.15, 0.2) is 53.4 Å². The van der Waals surface area contributed by atoms with Gasteiger partial charge in [-0.05, 0) is 38.0 Å². The predicted molar refractivity (Wildman–Crippen MR) is 105 cm³/mol. The van der Waals surface area contributed by atoms with Gasteiger partial charge < -0.3 is 14.1 Å². The summed E-state index contributed by atoms with van der Waals surface area (Å²) in [7, 11) is 0. The fraction of sp³-hybridized carbons (Fsp3) is 0.318. The predicted octanol–water partition coefficient (Wildman–Crippen LogP) is 4.97. The standard InChI is InChI=1S/C22H19F4N3O3/c1-13-17(32-18-8-7-14(12-28-18)22(24,25)26)6-3-10-29(13)21(30)15-4-2-5-16(23)19(15)20-27-9-11-31-20/h2,4-5,7-9,11-13,17H,3,6,10H2,1H3/t13-,17+/m0/s1. The van der Waals surface area contributed by atoms with E-state index in [1.165, 1.54) is 30.7 Å². The maximum absolute atomic E-state index is 14.5. The summed E-state index contributed by atoms with van der Waals surface area (Å²) in [6.07, 6.45) is -0.426. The minimum atomic E-state index is -4.49. The van der Waals surface area contributed by atoms with E-state index in [0.29, 0.717) is 25.6 Å². The molecular weight excluding hydrogens is 430 g/mol. The van der Waals surface area contributed by atoms with Crippen LogP contribution in [0.5, 0.6) is 5.88 Å². The summed E-state index contributed by atoms with van der Waals surface area (Å²) in [5, 5.41) is 0. The van der Waals surface area contributed by atoms with Crippen molar-refractivity contribution in [1.82, 2.24) is 14.9 Å². The average molecular weight is 449 g/mol. The average Bonchev–Trinajstić information content (AvgIpc) is 3.29. The van der Waals surface area contributed by atoms with E-state index in [-0.39, 0.29) is 22.9 Å². The third-order valence-corrected chi connectivity index (χ3v) is 5.40. The van der Waals surface area contributed by atoms with Crippen LogP contribution in [-0.2, 0) is 6.18 Å². The maximum Gasteiger partial charge on any atom is 0.417 e. The monoisotopic (exact) mass is 449 g/mol. The van der Waals surface area contributed by atoms with Gasteiger partial charge in [0.05, 0.1) is 28.9 Å². The van der Waals surface area contributed by atoms with Crippen molar-refractivity contribution in [1.29, 1.82) is 0 Å². The van der Waals surface area contributed by atoms with Crippen LogP contribution in [0.25, 0.3) is 11.5 Å². The second-order valence-corrected chi connectivity index (χ2v) is 7.42. The van der Waals surface area contributed by atoms with E-state index in [2.05, 4.69) is 9.97 Å². The number of oxazole rings is 1. The summed E-state index contributed by atoms with van der Waals surface area (Å²) in [4.78, 5) is 22.6. The van der Waals surface area contributed by atoms with Crippen LogP contribution in [-0.4, -0.2) is 39.5 Å². The molecule has 1 aromatic carbocycles. The molecule has 6 nitrogen and oxygen atoms in total. The van der Waals surface area contributed by atoms with E-state index < -0.39 is 35.6 Å². The molecule has 4 rings (SSSR count). The zero-order valence-electron chi connectivity index (χ0n) is 17.0. The van der Waals surface area contributed by atoms with E-state index in [4.69, 9.17) is 9.15 Å². The molecule has 0 bridgehead atoms. The number of piperidine rings is 1. The number of ether oxygens (including phenoxy) is 1. The first kappa shape index (κ1) is 21.8. The minimum absolute atomic E-state index is 0.00198. The molecule has 3 heterocycles.